The van der Waals surface area contributed by atoms with Crippen molar-refractivity contribution < 1.29 is 43.2 Å². The predicted octanol–water partition coefficient (Wildman–Crippen LogP) is 5.81. The molecule has 4 rings (SSSR count). The molecule has 3 aromatic rings. The number of carbonyl (C=O) groups is 4. The van der Waals surface area contributed by atoms with Gasteiger partial charge in [0.2, 0.25) is 5.91 Å². The van der Waals surface area contributed by atoms with E-state index in [1.54, 1.807) is 65.6 Å². The summed E-state index contributed by atoms with van der Waals surface area (Å²) < 4.78 is 23.2. The Bertz CT molecular complexity index is 1620. The summed E-state index contributed by atoms with van der Waals surface area (Å²) >= 11 is 6.51. The maximum atomic E-state index is 14.4. The van der Waals surface area contributed by atoms with Crippen LogP contribution in [0.5, 0.6) is 11.5 Å². The fourth-order valence-corrected chi connectivity index (χ4v) is 5.56. The van der Waals surface area contributed by atoms with E-state index in [0.717, 1.165) is 5.56 Å². The lowest BCUT2D eigenvalue weighted by Gasteiger charge is -2.33. The molecule has 1 aliphatic heterocycles. The van der Waals surface area contributed by atoms with E-state index in [2.05, 4.69) is 5.32 Å². The molecule has 47 heavy (non-hydrogen) atoms. The first-order chi connectivity index (χ1) is 22.3. The van der Waals surface area contributed by atoms with Gasteiger partial charge >= 0.3 is 11.9 Å². The number of fused-ring (bicyclic) bond motifs is 1. The molecule has 0 aliphatic carbocycles. The van der Waals surface area contributed by atoms with Crippen LogP contribution in [-0.2, 0) is 35.1 Å². The van der Waals surface area contributed by atoms with Gasteiger partial charge in [-0.15, -0.1) is 0 Å². The third kappa shape index (κ3) is 9.02. The first-order valence-corrected chi connectivity index (χ1v) is 15.4. The Balaban J connectivity index is 1.73. The van der Waals surface area contributed by atoms with Crippen molar-refractivity contribution >= 4 is 46.7 Å². The standard InChI is InChI=1S/C35H39ClN2O9/c1-21(39)46-20-35(2,3)19-38-27-15-12-23(36)17-26(27)32(25-7-6-8-28(44-4)33(25)45-5)47-29(34(38)43)18-30(40)37-24-13-9-22(10-14-24)11-16-31(41)42/h6-10,12-15,17,29,32H,11,16,18-20H2,1-5H3,(H,37,40)(H,41,42)/t29?,32-/m1/s1. The quantitative estimate of drug-likeness (QED) is 0.216. The van der Waals surface area contributed by atoms with Crippen molar-refractivity contribution in [3.05, 3.63) is 82.4 Å². The van der Waals surface area contributed by atoms with Gasteiger partial charge in [0.15, 0.2) is 11.5 Å². The summed E-state index contributed by atoms with van der Waals surface area (Å²) in [6.45, 7) is 5.25. The highest BCUT2D eigenvalue weighted by molar-refractivity contribution is 6.30. The number of carbonyl (C=O) groups excluding carboxylic acids is 3. The number of ether oxygens (including phenoxy) is 4. The number of methoxy groups -OCH3 is 2. The summed E-state index contributed by atoms with van der Waals surface area (Å²) in [4.78, 5) is 51.9. The molecule has 0 spiro atoms. The highest BCUT2D eigenvalue weighted by Crippen LogP contribution is 2.45. The zero-order valence-corrected chi connectivity index (χ0v) is 27.8. The summed E-state index contributed by atoms with van der Waals surface area (Å²) in [6.07, 6.45) is -2.12. The second kappa shape index (κ2) is 15.3. The fourth-order valence-electron chi connectivity index (χ4n) is 5.38. The third-order valence-corrected chi connectivity index (χ3v) is 7.84. The molecular weight excluding hydrogens is 628 g/mol. The first kappa shape index (κ1) is 35.2. The van der Waals surface area contributed by atoms with Crippen LogP contribution >= 0.6 is 11.6 Å². The largest absolute Gasteiger partial charge is 0.493 e. The molecule has 0 saturated carbocycles. The van der Waals surface area contributed by atoms with Gasteiger partial charge in [0.25, 0.3) is 5.91 Å². The molecule has 2 amide bonds. The number of anilines is 2. The number of esters is 1. The zero-order valence-electron chi connectivity index (χ0n) is 27.0. The first-order valence-electron chi connectivity index (χ1n) is 15.0. The second-order valence-electron chi connectivity index (χ2n) is 12.0. The molecule has 11 nitrogen and oxygen atoms in total. The van der Waals surface area contributed by atoms with Crippen LogP contribution in [0.4, 0.5) is 11.4 Å². The van der Waals surface area contributed by atoms with Crippen LogP contribution in [0.1, 0.15) is 56.4 Å². The molecule has 0 saturated heterocycles. The topological polar surface area (TPSA) is 141 Å². The highest BCUT2D eigenvalue weighted by Gasteiger charge is 2.41. The number of para-hydroxylation sites is 1. The van der Waals surface area contributed by atoms with Crippen molar-refractivity contribution in [2.24, 2.45) is 5.41 Å². The minimum Gasteiger partial charge on any atom is -0.493 e. The smallest absolute Gasteiger partial charge is 0.303 e. The van der Waals surface area contributed by atoms with Crippen molar-refractivity contribution in [2.45, 2.75) is 52.2 Å². The number of carboxylic acid groups (broad SMARTS) is 1. The van der Waals surface area contributed by atoms with Gasteiger partial charge in [-0.2, -0.15) is 0 Å². The molecule has 250 valence electrons. The molecule has 1 heterocycles. The average molecular weight is 667 g/mol. The lowest BCUT2D eigenvalue weighted by atomic mass is 9.92. The van der Waals surface area contributed by atoms with Gasteiger partial charge in [0.1, 0.15) is 12.2 Å². The zero-order chi connectivity index (χ0) is 34.3. The van der Waals surface area contributed by atoms with Gasteiger partial charge in [-0.3, -0.25) is 19.2 Å². The Morgan fingerprint density at radius 1 is 1.02 bits per heavy atom. The minimum absolute atomic E-state index is 0.00609. The molecule has 3 aromatic carbocycles. The summed E-state index contributed by atoms with van der Waals surface area (Å²) in [5.41, 5.74) is 2.26. The van der Waals surface area contributed by atoms with Gasteiger partial charge < -0.3 is 34.3 Å². The van der Waals surface area contributed by atoms with Crippen LogP contribution in [0.15, 0.2) is 60.7 Å². The summed E-state index contributed by atoms with van der Waals surface area (Å²) in [5.74, 6) is -1.42. The number of aliphatic carboxylic acids is 1. The van der Waals surface area contributed by atoms with E-state index in [1.807, 2.05) is 13.8 Å². The number of benzene rings is 3. The van der Waals surface area contributed by atoms with Gasteiger partial charge in [-0.25, -0.2) is 0 Å². The molecule has 0 bridgehead atoms. The number of rotatable bonds is 13. The number of hydrogen-bond donors (Lipinski definition) is 2. The van der Waals surface area contributed by atoms with Gasteiger partial charge in [0.05, 0.1) is 27.2 Å². The molecular formula is C35H39ClN2O9. The highest BCUT2D eigenvalue weighted by atomic mass is 35.5. The van der Waals surface area contributed by atoms with E-state index < -0.39 is 41.4 Å². The van der Waals surface area contributed by atoms with E-state index in [1.165, 1.54) is 21.1 Å². The van der Waals surface area contributed by atoms with Crippen molar-refractivity contribution in [2.75, 3.05) is 37.6 Å². The molecule has 1 unspecified atom stereocenters. The normalized spacial score (nSPS) is 16.1. The SMILES string of the molecule is COc1cccc([C@H]2OC(CC(=O)Nc3ccc(CCC(=O)O)cc3)C(=O)N(CC(C)(C)COC(C)=O)c3ccc(Cl)cc32)c1OC. The van der Waals surface area contributed by atoms with Crippen LogP contribution in [0.3, 0.4) is 0 Å². The van der Waals surface area contributed by atoms with Crippen LogP contribution in [-0.4, -0.2) is 62.3 Å². The number of amides is 2. The van der Waals surface area contributed by atoms with E-state index in [0.29, 0.717) is 45.4 Å². The average Bonchev–Trinajstić information content (AvgIpc) is 3.13. The predicted molar refractivity (Wildman–Crippen MR) is 176 cm³/mol. The van der Waals surface area contributed by atoms with E-state index in [9.17, 15) is 19.2 Å². The lowest BCUT2D eigenvalue weighted by Crippen LogP contribution is -2.46. The number of carboxylic acids is 1. The summed E-state index contributed by atoms with van der Waals surface area (Å²) in [7, 11) is 3.02. The Labute approximate surface area is 278 Å². The van der Waals surface area contributed by atoms with Crippen molar-refractivity contribution in [1.82, 2.24) is 0 Å². The third-order valence-electron chi connectivity index (χ3n) is 7.61. The summed E-state index contributed by atoms with van der Waals surface area (Å²) in [5, 5.41) is 12.2. The maximum absolute atomic E-state index is 14.4. The van der Waals surface area contributed by atoms with Crippen LogP contribution < -0.4 is 19.7 Å². The monoisotopic (exact) mass is 666 g/mol. The molecule has 0 radical (unpaired) electrons. The number of halogens is 1. The number of aryl methyl sites for hydroxylation is 1. The Morgan fingerprint density at radius 2 is 1.74 bits per heavy atom. The Hall–Kier alpha value is -4.61. The van der Waals surface area contributed by atoms with Crippen molar-refractivity contribution in [3.8, 4) is 11.5 Å². The molecule has 0 aromatic heterocycles. The van der Waals surface area contributed by atoms with E-state index in [4.69, 9.17) is 35.7 Å². The molecule has 1 aliphatic rings. The lowest BCUT2D eigenvalue weighted by molar-refractivity contribution is -0.144. The van der Waals surface area contributed by atoms with E-state index in [-0.39, 0.29) is 26.0 Å². The van der Waals surface area contributed by atoms with Crippen LogP contribution in [0.25, 0.3) is 0 Å². The Kier molecular flexibility index (Phi) is 11.5. The van der Waals surface area contributed by atoms with Gasteiger partial charge in [0, 0.05) is 52.8 Å². The maximum Gasteiger partial charge on any atom is 0.303 e. The molecule has 2 atom stereocenters. The molecule has 2 N–H and O–H groups in total. The minimum atomic E-state index is -1.25. The number of nitrogens with zero attached hydrogens (tertiary/aromatic N) is 1. The summed E-state index contributed by atoms with van der Waals surface area (Å²) in [6, 6.07) is 17.3. The fraction of sp³-hybridized carbons (Fsp3) is 0.371. The van der Waals surface area contributed by atoms with Crippen molar-refractivity contribution in [1.29, 1.82) is 0 Å². The number of nitrogens with one attached hydrogen (secondary N) is 1. The van der Waals surface area contributed by atoms with Gasteiger partial charge in [-0.05, 0) is 48.4 Å². The second-order valence-corrected chi connectivity index (χ2v) is 12.4. The van der Waals surface area contributed by atoms with Gasteiger partial charge in [-0.1, -0.05) is 49.7 Å². The van der Waals surface area contributed by atoms with Crippen molar-refractivity contribution in [3.63, 3.8) is 0 Å². The number of hydrogen-bond acceptors (Lipinski definition) is 8. The van der Waals surface area contributed by atoms with E-state index >= 15 is 0 Å². The van der Waals surface area contributed by atoms with Crippen LogP contribution in [0, 0.1) is 5.41 Å². The Morgan fingerprint density at radius 3 is 2.38 bits per heavy atom. The van der Waals surface area contributed by atoms with Crippen LogP contribution in [0.2, 0.25) is 5.02 Å². The molecule has 0 fully saturated rings. The molecule has 12 heteroatoms.